The van der Waals surface area contributed by atoms with Gasteiger partial charge in [-0.15, -0.1) is 0 Å². The zero-order valence-corrected chi connectivity index (χ0v) is 12.8. The number of allylic oxidation sites excluding steroid dienone is 1. The van der Waals surface area contributed by atoms with Crippen molar-refractivity contribution in [2.75, 3.05) is 0 Å². The summed E-state index contributed by atoms with van der Waals surface area (Å²) in [7, 11) is 2.03. The summed E-state index contributed by atoms with van der Waals surface area (Å²) in [6.07, 6.45) is 1.95. The van der Waals surface area contributed by atoms with Crippen LogP contribution in [0.5, 0.6) is 0 Å². The van der Waals surface area contributed by atoms with Crippen molar-refractivity contribution in [3.8, 4) is 6.07 Å². The highest BCUT2D eigenvalue weighted by atomic mass is 79.9. The lowest BCUT2D eigenvalue weighted by Gasteiger charge is -2.02. The van der Waals surface area contributed by atoms with Crippen molar-refractivity contribution in [2.24, 2.45) is 7.05 Å². The molecular formula is C16H15BrN2. The molecule has 0 saturated heterocycles. The summed E-state index contributed by atoms with van der Waals surface area (Å²) in [6, 6.07) is 12.2. The fourth-order valence-corrected chi connectivity index (χ4v) is 2.42. The molecule has 0 aliphatic rings. The van der Waals surface area contributed by atoms with Crippen molar-refractivity contribution >= 4 is 27.6 Å². The van der Waals surface area contributed by atoms with Gasteiger partial charge in [0.15, 0.2) is 0 Å². The summed E-state index contributed by atoms with van der Waals surface area (Å²) < 4.78 is 3.11. The number of hydrogen-bond acceptors (Lipinski definition) is 1. The van der Waals surface area contributed by atoms with Gasteiger partial charge in [-0.2, -0.15) is 5.26 Å². The minimum atomic E-state index is 0.676. The molecule has 0 fully saturated rings. The molecule has 2 rings (SSSR count). The molecule has 19 heavy (non-hydrogen) atoms. The van der Waals surface area contributed by atoms with Crippen LogP contribution in [0, 0.1) is 25.2 Å². The second-order valence-corrected chi connectivity index (χ2v) is 5.48. The summed E-state index contributed by atoms with van der Waals surface area (Å²) >= 11 is 3.43. The first-order valence-corrected chi connectivity index (χ1v) is 6.83. The lowest BCUT2D eigenvalue weighted by molar-refractivity contribution is 0.843. The fraction of sp³-hybridized carbons (Fsp3) is 0.188. The highest BCUT2D eigenvalue weighted by Crippen LogP contribution is 2.23. The monoisotopic (exact) mass is 314 g/mol. The molecule has 0 amide bonds. The van der Waals surface area contributed by atoms with Gasteiger partial charge in [-0.1, -0.05) is 28.1 Å². The Bertz CT molecular complexity index is 687. The van der Waals surface area contributed by atoms with E-state index in [1.807, 2.05) is 37.4 Å². The summed E-state index contributed by atoms with van der Waals surface area (Å²) in [5.74, 6) is 0. The average molecular weight is 315 g/mol. The van der Waals surface area contributed by atoms with E-state index in [0.29, 0.717) is 5.57 Å². The van der Waals surface area contributed by atoms with Crippen LogP contribution in [0.15, 0.2) is 34.8 Å². The number of halogens is 1. The Kier molecular flexibility index (Phi) is 3.92. The van der Waals surface area contributed by atoms with E-state index in [0.717, 1.165) is 15.6 Å². The van der Waals surface area contributed by atoms with Gasteiger partial charge >= 0.3 is 0 Å². The molecule has 0 aliphatic carbocycles. The third-order valence-electron chi connectivity index (χ3n) is 3.37. The van der Waals surface area contributed by atoms with Gasteiger partial charge in [-0.3, -0.25) is 0 Å². The minimum absolute atomic E-state index is 0.676. The van der Waals surface area contributed by atoms with Gasteiger partial charge in [0.05, 0.1) is 11.6 Å². The van der Waals surface area contributed by atoms with Crippen molar-refractivity contribution in [3.05, 3.63) is 57.3 Å². The van der Waals surface area contributed by atoms with Gasteiger partial charge < -0.3 is 4.57 Å². The van der Waals surface area contributed by atoms with Crippen molar-refractivity contribution in [1.82, 2.24) is 4.57 Å². The van der Waals surface area contributed by atoms with E-state index < -0.39 is 0 Å². The van der Waals surface area contributed by atoms with Crippen LogP contribution in [0.3, 0.4) is 0 Å². The molecule has 2 nitrogen and oxygen atoms in total. The summed E-state index contributed by atoms with van der Waals surface area (Å²) in [5, 5.41) is 9.36. The van der Waals surface area contributed by atoms with E-state index in [2.05, 4.69) is 46.5 Å². The Morgan fingerprint density at radius 2 is 2.05 bits per heavy atom. The number of rotatable bonds is 2. The number of aryl methyl sites for hydroxylation is 1. The Labute approximate surface area is 122 Å². The smallest absolute Gasteiger partial charge is 0.0998 e. The van der Waals surface area contributed by atoms with Gasteiger partial charge in [0, 0.05) is 22.9 Å². The number of nitrogens with zero attached hydrogens (tertiary/aromatic N) is 2. The predicted molar refractivity (Wildman–Crippen MR) is 82.5 cm³/mol. The molecule has 1 heterocycles. The fourth-order valence-electron chi connectivity index (χ4n) is 2.02. The maximum absolute atomic E-state index is 9.36. The van der Waals surface area contributed by atoms with E-state index in [9.17, 15) is 5.26 Å². The van der Waals surface area contributed by atoms with E-state index >= 15 is 0 Å². The van der Waals surface area contributed by atoms with E-state index in [1.54, 1.807) is 0 Å². The predicted octanol–water partition coefficient (Wildman–Crippen LogP) is 4.47. The molecule has 0 atom stereocenters. The van der Waals surface area contributed by atoms with Crippen LogP contribution in [-0.2, 0) is 7.05 Å². The number of nitriles is 1. The van der Waals surface area contributed by atoms with Gasteiger partial charge in [0.2, 0.25) is 0 Å². The maximum atomic E-state index is 9.36. The number of hydrogen-bond donors (Lipinski definition) is 0. The third kappa shape index (κ3) is 2.80. The molecule has 0 aliphatic heterocycles. The van der Waals surface area contributed by atoms with Crippen molar-refractivity contribution in [3.63, 3.8) is 0 Å². The molecule has 3 heteroatoms. The van der Waals surface area contributed by atoms with Crippen molar-refractivity contribution < 1.29 is 0 Å². The van der Waals surface area contributed by atoms with Crippen LogP contribution in [0.1, 0.15) is 22.5 Å². The molecule has 0 spiro atoms. The highest BCUT2D eigenvalue weighted by molar-refractivity contribution is 9.10. The van der Waals surface area contributed by atoms with Crippen LogP contribution in [-0.4, -0.2) is 4.57 Å². The standard InChI is InChI=1S/C16H15BrN2/c1-11-7-14(12(2)19(11)3)8-15(10-18)13-5-4-6-16(17)9-13/h4-9H,1-3H3/b15-8-. The SMILES string of the molecule is Cc1cc(/C=C(/C#N)c2cccc(Br)c2)c(C)n1C. The van der Waals surface area contributed by atoms with Crippen LogP contribution in [0.25, 0.3) is 11.6 Å². The van der Waals surface area contributed by atoms with E-state index in [4.69, 9.17) is 0 Å². The first kappa shape index (κ1) is 13.6. The zero-order chi connectivity index (χ0) is 14.0. The number of benzene rings is 1. The van der Waals surface area contributed by atoms with Crippen LogP contribution in [0.4, 0.5) is 0 Å². The maximum Gasteiger partial charge on any atom is 0.0998 e. The Morgan fingerprint density at radius 1 is 1.32 bits per heavy atom. The minimum Gasteiger partial charge on any atom is -0.352 e. The lowest BCUT2D eigenvalue weighted by Crippen LogP contribution is -1.92. The van der Waals surface area contributed by atoms with E-state index in [-0.39, 0.29) is 0 Å². The summed E-state index contributed by atoms with van der Waals surface area (Å²) in [6.45, 7) is 4.13. The van der Waals surface area contributed by atoms with Crippen molar-refractivity contribution in [2.45, 2.75) is 13.8 Å². The first-order chi connectivity index (χ1) is 9.02. The molecule has 0 saturated carbocycles. The average Bonchev–Trinajstić information content (AvgIpc) is 2.63. The van der Waals surface area contributed by atoms with Crippen LogP contribution in [0.2, 0.25) is 0 Å². The van der Waals surface area contributed by atoms with Gasteiger partial charge in [0.25, 0.3) is 0 Å². The molecule has 0 unspecified atom stereocenters. The molecule has 2 aromatic rings. The summed E-state index contributed by atoms with van der Waals surface area (Å²) in [5.41, 5.74) is 5.06. The highest BCUT2D eigenvalue weighted by Gasteiger charge is 2.07. The normalized spacial score (nSPS) is 11.4. The third-order valence-corrected chi connectivity index (χ3v) is 3.86. The van der Waals surface area contributed by atoms with Crippen LogP contribution >= 0.6 is 15.9 Å². The first-order valence-electron chi connectivity index (χ1n) is 6.03. The Balaban J connectivity index is 2.51. The quantitative estimate of drug-likeness (QED) is 0.752. The molecule has 1 aromatic heterocycles. The lowest BCUT2D eigenvalue weighted by atomic mass is 10.0. The molecule has 1 aromatic carbocycles. The second-order valence-electron chi connectivity index (χ2n) is 4.57. The van der Waals surface area contributed by atoms with Gasteiger partial charge in [-0.05, 0) is 49.2 Å². The van der Waals surface area contributed by atoms with Crippen molar-refractivity contribution in [1.29, 1.82) is 5.26 Å². The molecular weight excluding hydrogens is 300 g/mol. The molecule has 0 radical (unpaired) electrons. The summed E-state index contributed by atoms with van der Waals surface area (Å²) in [4.78, 5) is 0. The van der Waals surface area contributed by atoms with Gasteiger partial charge in [-0.25, -0.2) is 0 Å². The zero-order valence-electron chi connectivity index (χ0n) is 11.2. The Morgan fingerprint density at radius 3 is 2.58 bits per heavy atom. The Hall–Kier alpha value is -1.79. The molecule has 96 valence electrons. The molecule has 0 bridgehead atoms. The van der Waals surface area contributed by atoms with Crippen LogP contribution < -0.4 is 0 Å². The molecule has 0 N–H and O–H groups in total. The van der Waals surface area contributed by atoms with E-state index in [1.165, 1.54) is 11.4 Å². The number of aromatic nitrogens is 1. The largest absolute Gasteiger partial charge is 0.352 e. The second kappa shape index (κ2) is 5.46. The topological polar surface area (TPSA) is 28.7 Å². The van der Waals surface area contributed by atoms with Gasteiger partial charge in [0.1, 0.15) is 0 Å².